The average molecular weight is 421 g/mol. The number of amides is 1. The number of aromatic hydroxyl groups is 1. The van der Waals surface area contributed by atoms with Crippen LogP contribution in [0, 0.1) is 6.92 Å². The molecule has 2 aromatic carbocycles. The fourth-order valence-corrected chi connectivity index (χ4v) is 3.67. The second-order valence-electron chi connectivity index (χ2n) is 8.86. The van der Waals surface area contributed by atoms with Gasteiger partial charge in [-0.1, -0.05) is 18.2 Å². The van der Waals surface area contributed by atoms with Crippen molar-refractivity contribution in [3.05, 3.63) is 48.0 Å². The standard InChI is InChI=1S/C24H28N4O3/c1-16-9-10-17-19(15-16)25-21(18-7-5-6-8-20(18)29)26-22(17)27-11-13-28(14-12-27)23(30)31-24(2,3)4/h5-10,15,29H,11-14H2,1-4H3. The first-order valence-electron chi connectivity index (χ1n) is 10.5. The minimum Gasteiger partial charge on any atom is -0.507 e. The molecule has 1 aliphatic heterocycles. The van der Waals surface area contributed by atoms with Crippen molar-refractivity contribution < 1.29 is 14.6 Å². The summed E-state index contributed by atoms with van der Waals surface area (Å²) >= 11 is 0. The lowest BCUT2D eigenvalue weighted by atomic mass is 10.1. The van der Waals surface area contributed by atoms with Crippen LogP contribution in [0.1, 0.15) is 26.3 Å². The topological polar surface area (TPSA) is 78.8 Å². The van der Waals surface area contributed by atoms with Crippen LogP contribution in [0.15, 0.2) is 42.5 Å². The third-order valence-corrected chi connectivity index (χ3v) is 5.21. The Bertz CT molecular complexity index is 1120. The molecule has 0 unspecified atom stereocenters. The minimum atomic E-state index is -0.512. The largest absolute Gasteiger partial charge is 0.507 e. The molecule has 7 heteroatoms. The molecule has 2 heterocycles. The number of carbonyl (C=O) groups excluding carboxylic acids is 1. The Balaban J connectivity index is 1.66. The number of ether oxygens (including phenoxy) is 1. The summed E-state index contributed by atoms with van der Waals surface area (Å²) in [6.07, 6.45) is -0.287. The molecule has 0 radical (unpaired) electrons. The summed E-state index contributed by atoms with van der Waals surface area (Å²) in [6.45, 7) is 10.0. The van der Waals surface area contributed by atoms with Gasteiger partial charge in [0.05, 0.1) is 11.1 Å². The zero-order valence-corrected chi connectivity index (χ0v) is 18.4. The number of hydrogen-bond donors (Lipinski definition) is 1. The Morgan fingerprint density at radius 1 is 1.03 bits per heavy atom. The first-order valence-corrected chi connectivity index (χ1v) is 10.5. The van der Waals surface area contributed by atoms with Gasteiger partial charge in [-0.3, -0.25) is 0 Å². The molecule has 0 bridgehead atoms. The maximum absolute atomic E-state index is 12.4. The lowest BCUT2D eigenvalue weighted by Crippen LogP contribution is -2.50. The molecule has 0 atom stereocenters. The van der Waals surface area contributed by atoms with Gasteiger partial charge in [0.15, 0.2) is 5.82 Å². The number of para-hydroxylation sites is 1. The maximum atomic E-state index is 12.4. The van der Waals surface area contributed by atoms with Gasteiger partial charge in [-0.2, -0.15) is 0 Å². The third kappa shape index (κ3) is 4.55. The van der Waals surface area contributed by atoms with E-state index in [1.807, 2.05) is 58.0 Å². The number of phenolic OH excluding ortho intramolecular Hbond substituents is 1. The van der Waals surface area contributed by atoms with Crippen molar-refractivity contribution in [3.63, 3.8) is 0 Å². The summed E-state index contributed by atoms with van der Waals surface area (Å²) in [5, 5.41) is 11.3. The first kappa shape index (κ1) is 20.9. The van der Waals surface area contributed by atoms with Crippen LogP contribution in [0.5, 0.6) is 5.75 Å². The molecule has 4 rings (SSSR count). The Morgan fingerprint density at radius 2 is 1.74 bits per heavy atom. The van der Waals surface area contributed by atoms with Gasteiger partial charge in [0.2, 0.25) is 0 Å². The zero-order chi connectivity index (χ0) is 22.2. The molecule has 1 aliphatic rings. The molecule has 3 aromatic rings. The number of anilines is 1. The Morgan fingerprint density at radius 3 is 2.42 bits per heavy atom. The smallest absolute Gasteiger partial charge is 0.410 e. The van der Waals surface area contributed by atoms with E-state index in [-0.39, 0.29) is 11.8 Å². The van der Waals surface area contributed by atoms with Gasteiger partial charge >= 0.3 is 6.09 Å². The van der Waals surface area contributed by atoms with Crippen molar-refractivity contribution in [2.24, 2.45) is 0 Å². The van der Waals surface area contributed by atoms with Crippen molar-refractivity contribution in [3.8, 4) is 17.1 Å². The second kappa shape index (κ2) is 8.06. The van der Waals surface area contributed by atoms with Crippen LogP contribution in [0.4, 0.5) is 10.6 Å². The number of piperazine rings is 1. The van der Waals surface area contributed by atoms with E-state index in [4.69, 9.17) is 14.7 Å². The van der Waals surface area contributed by atoms with E-state index >= 15 is 0 Å². The lowest BCUT2D eigenvalue weighted by Gasteiger charge is -2.36. The van der Waals surface area contributed by atoms with Crippen molar-refractivity contribution in [1.29, 1.82) is 0 Å². The van der Waals surface area contributed by atoms with Crippen molar-refractivity contribution in [1.82, 2.24) is 14.9 Å². The van der Waals surface area contributed by atoms with Crippen molar-refractivity contribution >= 4 is 22.8 Å². The summed E-state index contributed by atoms with van der Waals surface area (Å²) in [7, 11) is 0. The van der Waals surface area contributed by atoms with E-state index in [0.29, 0.717) is 37.6 Å². The highest BCUT2D eigenvalue weighted by atomic mass is 16.6. The molecule has 0 aliphatic carbocycles. The molecule has 0 spiro atoms. The number of benzene rings is 2. The van der Waals surface area contributed by atoms with E-state index in [9.17, 15) is 9.90 Å². The van der Waals surface area contributed by atoms with E-state index in [2.05, 4.69) is 4.90 Å². The van der Waals surface area contributed by atoms with Gasteiger partial charge in [-0.25, -0.2) is 14.8 Å². The molecule has 0 saturated carbocycles. The molecule has 7 nitrogen and oxygen atoms in total. The Kier molecular flexibility index (Phi) is 5.43. The Labute approximate surface area is 182 Å². The SMILES string of the molecule is Cc1ccc2c(N3CCN(C(=O)OC(C)(C)C)CC3)nc(-c3ccccc3O)nc2c1. The van der Waals surface area contributed by atoms with Crippen LogP contribution in [-0.2, 0) is 4.74 Å². The lowest BCUT2D eigenvalue weighted by molar-refractivity contribution is 0.0240. The highest BCUT2D eigenvalue weighted by molar-refractivity contribution is 5.92. The number of rotatable bonds is 2. The highest BCUT2D eigenvalue weighted by Gasteiger charge is 2.27. The summed E-state index contributed by atoms with van der Waals surface area (Å²) in [5.41, 5.74) is 2.02. The van der Waals surface area contributed by atoms with Gasteiger partial charge in [-0.15, -0.1) is 0 Å². The third-order valence-electron chi connectivity index (χ3n) is 5.21. The average Bonchev–Trinajstić information content (AvgIpc) is 2.72. The summed E-state index contributed by atoms with van der Waals surface area (Å²) < 4.78 is 5.51. The van der Waals surface area contributed by atoms with Crippen molar-refractivity contribution in [2.45, 2.75) is 33.3 Å². The number of aromatic nitrogens is 2. The highest BCUT2D eigenvalue weighted by Crippen LogP contribution is 2.32. The molecule has 1 fully saturated rings. The van der Waals surface area contributed by atoms with E-state index in [0.717, 1.165) is 22.3 Å². The molecule has 1 aromatic heterocycles. The fraction of sp³-hybridized carbons (Fsp3) is 0.375. The quantitative estimate of drug-likeness (QED) is 0.663. The van der Waals surface area contributed by atoms with Gasteiger partial charge in [0.1, 0.15) is 17.2 Å². The van der Waals surface area contributed by atoms with Crippen LogP contribution in [0.25, 0.3) is 22.3 Å². The zero-order valence-electron chi connectivity index (χ0n) is 18.4. The predicted octanol–water partition coefficient (Wildman–Crippen LogP) is 4.37. The summed E-state index contributed by atoms with van der Waals surface area (Å²) in [4.78, 5) is 25.9. The predicted molar refractivity (Wildman–Crippen MR) is 121 cm³/mol. The summed E-state index contributed by atoms with van der Waals surface area (Å²) in [5.74, 6) is 1.45. The first-order chi connectivity index (χ1) is 14.7. The number of carbonyl (C=O) groups is 1. The number of fused-ring (bicyclic) bond motifs is 1. The van der Waals surface area contributed by atoms with Gasteiger partial charge in [-0.05, 0) is 57.5 Å². The number of hydrogen-bond acceptors (Lipinski definition) is 6. The van der Waals surface area contributed by atoms with Crippen molar-refractivity contribution in [2.75, 3.05) is 31.1 Å². The summed E-state index contributed by atoms with van der Waals surface area (Å²) in [6, 6.07) is 13.2. The minimum absolute atomic E-state index is 0.148. The van der Waals surface area contributed by atoms with Gasteiger partial charge in [0.25, 0.3) is 0 Å². The van der Waals surface area contributed by atoms with Crippen LogP contribution >= 0.6 is 0 Å². The molecular weight excluding hydrogens is 392 g/mol. The van der Waals surface area contributed by atoms with E-state index in [1.54, 1.807) is 17.0 Å². The molecule has 1 N–H and O–H groups in total. The molecular formula is C24H28N4O3. The van der Waals surface area contributed by atoms with E-state index < -0.39 is 5.60 Å². The second-order valence-corrected chi connectivity index (χ2v) is 8.86. The number of nitrogens with zero attached hydrogens (tertiary/aromatic N) is 4. The molecule has 1 amide bonds. The normalized spacial score (nSPS) is 14.7. The van der Waals surface area contributed by atoms with Crippen LogP contribution < -0.4 is 4.90 Å². The van der Waals surface area contributed by atoms with E-state index in [1.165, 1.54) is 0 Å². The Hall–Kier alpha value is -3.35. The van der Waals surface area contributed by atoms with Crippen LogP contribution in [0.2, 0.25) is 0 Å². The maximum Gasteiger partial charge on any atom is 0.410 e. The number of phenols is 1. The number of aryl methyl sites for hydroxylation is 1. The monoisotopic (exact) mass is 420 g/mol. The molecule has 162 valence electrons. The molecule has 1 saturated heterocycles. The van der Waals surface area contributed by atoms with Gasteiger partial charge < -0.3 is 19.6 Å². The van der Waals surface area contributed by atoms with Crippen LogP contribution in [-0.4, -0.2) is 57.8 Å². The fourth-order valence-electron chi connectivity index (χ4n) is 3.67. The van der Waals surface area contributed by atoms with Gasteiger partial charge in [0, 0.05) is 31.6 Å². The van der Waals surface area contributed by atoms with Crippen LogP contribution in [0.3, 0.4) is 0 Å². The molecule has 31 heavy (non-hydrogen) atoms.